The Morgan fingerprint density at radius 3 is 2.33 bits per heavy atom. The first-order valence-electron chi connectivity index (χ1n) is 7.25. The standard InChI is InChI=1S/C17H18N2O5/c1-11(20)13-6-9-15(19(22)23)16(10-13)24-14-7-4-12(5-8-14)17(21)18(2)3/h4-11,20H,1-3H3. The molecule has 0 aliphatic heterocycles. The Bertz CT molecular complexity index is 754. The maximum absolute atomic E-state index is 11.8. The van der Waals surface area contributed by atoms with Crippen molar-refractivity contribution in [2.75, 3.05) is 14.1 Å². The average Bonchev–Trinajstić information content (AvgIpc) is 2.54. The number of aliphatic hydroxyl groups excluding tert-OH is 1. The molecule has 2 aromatic carbocycles. The van der Waals surface area contributed by atoms with Crippen molar-refractivity contribution in [2.45, 2.75) is 13.0 Å². The monoisotopic (exact) mass is 330 g/mol. The fourth-order valence-electron chi connectivity index (χ4n) is 2.07. The highest BCUT2D eigenvalue weighted by atomic mass is 16.6. The number of nitrogens with zero attached hydrogens (tertiary/aromatic N) is 2. The Kier molecular flexibility index (Phi) is 5.15. The van der Waals surface area contributed by atoms with Gasteiger partial charge in [0.1, 0.15) is 5.75 Å². The van der Waals surface area contributed by atoms with E-state index in [2.05, 4.69) is 0 Å². The smallest absolute Gasteiger partial charge is 0.311 e. The second-order valence-corrected chi connectivity index (χ2v) is 5.49. The van der Waals surface area contributed by atoms with E-state index in [1.807, 2.05) is 0 Å². The number of nitro benzene ring substituents is 1. The number of aliphatic hydroxyl groups is 1. The summed E-state index contributed by atoms with van der Waals surface area (Å²) in [6, 6.07) is 10.5. The third-order valence-electron chi connectivity index (χ3n) is 3.40. The molecule has 7 nitrogen and oxygen atoms in total. The molecule has 0 aliphatic carbocycles. The van der Waals surface area contributed by atoms with Crippen LogP contribution >= 0.6 is 0 Å². The van der Waals surface area contributed by atoms with E-state index in [-0.39, 0.29) is 17.3 Å². The second-order valence-electron chi connectivity index (χ2n) is 5.49. The first-order chi connectivity index (χ1) is 11.3. The topological polar surface area (TPSA) is 92.9 Å². The van der Waals surface area contributed by atoms with Crippen LogP contribution in [0.5, 0.6) is 11.5 Å². The number of rotatable bonds is 5. The largest absolute Gasteiger partial charge is 0.450 e. The summed E-state index contributed by atoms with van der Waals surface area (Å²) < 4.78 is 5.58. The lowest BCUT2D eigenvalue weighted by Gasteiger charge is -2.12. The molecule has 0 fully saturated rings. The van der Waals surface area contributed by atoms with Gasteiger partial charge in [0.05, 0.1) is 11.0 Å². The normalized spacial score (nSPS) is 11.7. The minimum atomic E-state index is -0.770. The molecule has 1 N–H and O–H groups in total. The zero-order valence-electron chi connectivity index (χ0n) is 13.6. The number of amides is 1. The third-order valence-corrected chi connectivity index (χ3v) is 3.40. The van der Waals surface area contributed by atoms with Gasteiger partial charge in [-0.25, -0.2) is 0 Å². The van der Waals surface area contributed by atoms with E-state index < -0.39 is 11.0 Å². The number of hydrogen-bond donors (Lipinski definition) is 1. The molecule has 0 saturated carbocycles. The second kappa shape index (κ2) is 7.10. The van der Waals surface area contributed by atoms with Gasteiger partial charge in [-0.05, 0) is 48.9 Å². The fourth-order valence-corrected chi connectivity index (χ4v) is 2.07. The van der Waals surface area contributed by atoms with E-state index in [9.17, 15) is 20.0 Å². The van der Waals surface area contributed by atoms with E-state index in [0.717, 1.165) is 0 Å². The van der Waals surface area contributed by atoms with Crippen molar-refractivity contribution in [3.05, 3.63) is 63.7 Å². The first-order valence-corrected chi connectivity index (χ1v) is 7.25. The van der Waals surface area contributed by atoms with Gasteiger partial charge in [-0.3, -0.25) is 14.9 Å². The van der Waals surface area contributed by atoms with Crippen LogP contribution in [0.4, 0.5) is 5.69 Å². The van der Waals surface area contributed by atoms with E-state index in [0.29, 0.717) is 16.9 Å². The molecule has 0 saturated heterocycles. The van der Waals surface area contributed by atoms with Gasteiger partial charge in [-0.15, -0.1) is 0 Å². The van der Waals surface area contributed by atoms with E-state index >= 15 is 0 Å². The molecule has 24 heavy (non-hydrogen) atoms. The van der Waals surface area contributed by atoms with Gasteiger partial charge in [0, 0.05) is 25.7 Å². The minimum absolute atomic E-state index is 0.0325. The molecule has 1 atom stereocenters. The van der Waals surface area contributed by atoms with Gasteiger partial charge in [0.25, 0.3) is 5.91 Å². The van der Waals surface area contributed by atoms with Crippen LogP contribution in [0.15, 0.2) is 42.5 Å². The quantitative estimate of drug-likeness (QED) is 0.671. The Labute approximate surface area is 139 Å². The van der Waals surface area contributed by atoms with Crippen molar-refractivity contribution in [1.82, 2.24) is 4.90 Å². The highest BCUT2D eigenvalue weighted by molar-refractivity contribution is 5.93. The number of ether oxygens (including phenoxy) is 1. The van der Waals surface area contributed by atoms with Crippen molar-refractivity contribution < 1.29 is 19.6 Å². The molecular formula is C17H18N2O5. The van der Waals surface area contributed by atoms with Crippen molar-refractivity contribution in [2.24, 2.45) is 0 Å². The molecule has 7 heteroatoms. The van der Waals surface area contributed by atoms with Crippen molar-refractivity contribution in [3.8, 4) is 11.5 Å². The van der Waals surface area contributed by atoms with Gasteiger partial charge in [-0.1, -0.05) is 0 Å². The molecule has 0 bridgehead atoms. The van der Waals surface area contributed by atoms with Crippen LogP contribution in [0.3, 0.4) is 0 Å². The number of carbonyl (C=O) groups excluding carboxylic acids is 1. The van der Waals surface area contributed by atoms with Gasteiger partial charge >= 0.3 is 5.69 Å². The number of nitro groups is 1. The number of carbonyl (C=O) groups is 1. The average molecular weight is 330 g/mol. The lowest BCUT2D eigenvalue weighted by Crippen LogP contribution is -2.21. The van der Waals surface area contributed by atoms with Gasteiger partial charge in [0.2, 0.25) is 5.75 Å². The Morgan fingerprint density at radius 2 is 1.83 bits per heavy atom. The zero-order chi connectivity index (χ0) is 17.9. The van der Waals surface area contributed by atoms with Crippen LogP contribution in [0, 0.1) is 10.1 Å². The highest BCUT2D eigenvalue weighted by Crippen LogP contribution is 2.33. The minimum Gasteiger partial charge on any atom is -0.450 e. The molecule has 126 valence electrons. The Hall–Kier alpha value is -2.93. The van der Waals surface area contributed by atoms with Gasteiger partial charge in [0.15, 0.2) is 0 Å². The zero-order valence-corrected chi connectivity index (χ0v) is 13.6. The molecule has 1 amide bonds. The van der Waals surface area contributed by atoms with Crippen LogP contribution in [-0.2, 0) is 0 Å². The van der Waals surface area contributed by atoms with Crippen LogP contribution in [0.2, 0.25) is 0 Å². The predicted molar refractivity (Wildman–Crippen MR) is 88.3 cm³/mol. The molecule has 0 heterocycles. The van der Waals surface area contributed by atoms with E-state index in [4.69, 9.17) is 4.74 Å². The van der Waals surface area contributed by atoms with Crippen LogP contribution in [0.1, 0.15) is 28.9 Å². The number of hydrogen-bond acceptors (Lipinski definition) is 5. The van der Waals surface area contributed by atoms with Crippen molar-refractivity contribution in [1.29, 1.82) is 0 Å². The van der Waals surface area contributed by atoms with Gasteiger partial charge in [-0.2, -0.15) is 0 Å². The summed E-state index contributed by atoms with van der Waals surface area (Å²) in [5.74, 6) is 0.241. The Morgan fingerprint density at radius 1 is 1.21 bits per heavy atom. The highest BCUT2D eigenvalue weighted by Gasteiger charge is 2.18. The van der Waals surface area contributed by atoms with Crippen molar-refractivity contribution in [3.63, 3.8) is 0 Å². The maximum atomic E-state index is 11.8. The van der Waals surface area contributed by atoms with Crippen LogP contribution < -0.4 is 4.74 Å². The third kappa shape index (κ3) is 3.88. The summed E-state index contributed by atoms with van der Waals surface area (Å²) in [7, 11) is 3.30. The first kappa shape index (κ1) is 17.4. The summed E-state index contributed by atoms with van der Waals surface area (Å²) in [6.45, 7) is 1.56. The van der Waals surface area contributed by atoms with E-state index in [1.54, 1.807) is 45.3 Å². The molecule has 2 aromatic rings. The summed E-state index contributed by atoms with van der Waals surface area (Å²) >= 11 is 0. The lowest BCUT2D eigenvalue weighted by molar-refractivity contribution is -0.385. The molecule has 2 rings (SSSR count). The fraction of sp³-hybridized carbons (Fsp3) is 0.235. The van der Waals surface area contributed by atoms with Crippen LogP contribution in [0.25, 0.3) is 0 Å². The summed E-state index contributed by atoms with van der Waals surface area (Å²) in [5.41, 5.74) is 0.794. The Balaban J connectivity index is 2.31. The molecule has 0 radical (unpaired) electrons. The molecule has 0 spiro atoms. The SMILES string of the molecule is CC(O)c1ccc([N+](=O)[O-])c(Oc2ccc(C(=O)N(C)C)cc2)c1. The van der Waals surface area contributed by atoms with E-state index in [1.165, 1.54) is 23.1 Å². The molecule has 0 aliphatic rings. The summed E-state index contributed by atoms with van der Waals surface area (Å²) in [4.78, 5) is 23.9. The van der Waals surface area contributed by atoms with Crippen LogP contribution in [-0.4, -0.2) is 34.9 Å². The van der Waals surface area contributed by atoms with Crippen molar-refractivity contribution >= 4 is 11.6 Å². The maximum Gasteiger partial charge on any atom is 0.311 e. The lowest BCUT2D eigenvalue weighted by atomic mass is 10.1. The van der Waals surface area contributed by atoms with Gasteiger partial charge < -0.3 is 14.7 Å². The summed E-state index contributed by atoms with van der Waals surface area (Å²) in [5, 5.41) is 20.8. The number of benzene rings is 2. The molecule has 0 aromatic heterocycles. The predicted octanol–water partition coefficient (Wildman–Crippen LogP) is 3.14. The molecule has 1 unspecified atom stereocenters. The summed E-state index contributed by atoms with van der Waals surface area (Å²) in [6.07, 6.45) is -0.770. The molecular weight excluding hydrogens is 312 g/mol.